The molecule has 4 nitrogen and oxygen atoms in total. The zero-order valence-corrected chi connectivity index (χ0v) is 16.5. The third-order valence-electron chi connectivity index (χ3n) is 4.48. The van der Waals surface area contributed by atoms with Crippen LogP contribution in [0.15, 0.2) is 41.4 Å². The number of thiazole rings is 1. The summed E-state index contributed by atoms with van der Waals surface area (Å²) in [4.78, 5) is 17.8. The largest absolute Gasteiger partial charge is 0.496 e. The molecular weight excluding hydrogens is 344 g/mol. The van der Waals surface area contributed by atoms with Crippen LogP contribution in [-0.2, 0) is 24.2 Å². The standard InChI is InChI=1S/C21H24N2O2S/c1-5-15-8-7-9-18-20(15)23(6-2)21(26-18)22-19(24)13-16-12-14(3)10-11-17(16)25-4/h7-12H,5-6,13H2,1-4H3. The number of hydrogen-bond donors (Lipinski definition) is 0. The summed E-state index contributed by atoms with van der Waals surface area (Å²) in [5.74, 6) is 0.577. The summed E-state index contributed by atoms with van der Waals surface area (Å²) in [7, 11) is 1.62. The van der Waals surface area contributed by atoms with Gasteiger partial charge in [0.15, 0.2) is 4.80 Å². The SMILES string of the molecule is CCc1cccc2sc(=NC(=O)Cc3cc(C)ccc3OC)n(CC)c12. The Hall–Kier alpha value is -2.40. The molecule has 0 aliphatic carbocycles. The number of aryl methyl sites for hydroxylation is 3. The van der Waals surface area contributed by atoms with E-state index in [2.05, 4.69) is 41.6 Å². The first kappa shape index (κ1) is 18.4. The van der Waals surface area contributed by atoms with Crippen molar-refractivity contribution in [3.8, 4) is 5.75 Å². The number of rotatable bonds is 5. The lowest BCUT2D eigenvalue weighted by Gasteiger charge is -2.07. The predicted octanol–water partition coefficient (Wildman–Crippen LogP) is 4.27. The van der Waals surface area contributed by atoms with Crippen molar-refractivity contribution in [3.05, 3.63) is 57.9 Å². The molecule has 0 N–H and O–H groups in total. The van der Waals surface area contributed by atoms with E-state index in [1.54, 1.807) is 18.4 Å². The molecule has 0 spiro atoms. The first-order valence-electron chi connectivity index (χ1n) is 8.89. The van der Waals surface area contributed by atoms with Crippen LogP contribution < -0.4 is 9.54 Å². The third-order valence-corrected chi connectivity index (χ3v) is 5.52. The molecule has 2 aromatic carbocycles. The highest BCUT2D eigenvalue weighted by Crippen LogP contribution is 2.23. The second-order valence-electron chi connectivity index (χ2n) is 6.24. The monoisotopic (exact) mass is 368 g/mol. The van der Waals surface area contributed by atoms with Crippen LogP contribution in [-0.4, -0.2) is 17.6 Å². The van der Waals surface area contributed by atoms with E-state index in [0.29, 0.717) is 0 Å². The quantitative estimate of drug-likeness (QED) is 0.675. The van der Waals surface area contributed by atoms with Crippen LogP contribution in [0.1, 0.15) is 30.5 Å². The van der Waals surface area contributed by atoms with Gasteiger partial charge in [-0.05, 0) is 38.0 Å². The molecule has 0 saturated heterocycles. The maximum atomic E-state index is 12.6. The van der Waals surface area contributed by atoms with Gasteiger partial charge in [-0.15, -0.1) is 0 Å². The maximum Gasteiger partial charge on any atom is 0.252 e. The smallest absolute Gasteiger partial charge is 0.252 e. The van der Waals surface area contributed by atoms with Crippen LogP contribution in [0.2, 0.25) is 0 Å². The molecule has 136 valence electrons. The molecule has 0 unspecified atom stereocenters. The molecule has 0 aliphatic heterocycles. The minimum Gasteiger partial charge on any atom is -0.496 e. The fraction of sp³-hybridized carbons (Fsp3) is 0.333. The number of methoxy groups -OCH3 is 1. The van der Waals surface area contributed by atoms with Gasteiger partial charge in [0, 0.05) is 12.1 Å². The Morgan fingerprint density at radius 1 is 1.19 bits per heavy atom. The molecule has 26 heavy (non-hydrogen) atoms. The van der Waals surface area contributed by atoms with Gasteiger partial charge < -0.3 is 9.30 Å². The van der Waals surface area contributed by atoms with Gasteiger partial charge in [0.1, 0.15) is 5.75 Å². The van der Waals surface area contributed by atoms with E-state index in [0.717, 1.165) is 34.6 Å². The van der Waals surface area contributed by atoms with Crippen LogP contribution in [0.5, 0.6) is 5.75 Å². The molecule has 1 aromatic heterocycles. The van der Waals surface area contributed by atoms with Gasteiger partial charge in [-0.2, -0.15) is 4.99 Å². The van der Waals surface area contributed by atoms with Crippen LogP contribution in [0, 0.1) is 6.92 Å². The zero-order valence-electron chi connectivity index (χ0n) is 15.7. The summed E-state index contributed by atoms with van der Waals surface area (Å²) in [5, 5.41) is 0. The lowest BCUT2D eigenvalue weighted by atomic mass is 10.1. The van der Waals surface area contributed by atoms with Crippen molar-refractivity contribution < 1.29 is 9.53 Å². The molecule has 5 heteroatoms. The Kier molecular flexibility index (Phi) is 5.57. The fourth-order valence-electron chi connectivity index (χ4n) is 3.22. The lowest BCUT2D eigenvalue weighted by Crippen LogP contribution is -2.17. The molecule has 3 rings (SSSR count). The molecule has 0 bridgehead atoms. The summed E-state index contributed by atoms with van der Waals surface area (Å²) in [6.07, 6.45) is 1.20. The number of aromatic nitrogens is 1. The van der Waals surface area contributed by atoms with Gasteiger partial charge in [-0.1, -0.05) is 48.1 Å². The fourth-order valence-corrected chi connectivity index (χ4v) is 4.38. The van der Waals surface area contributed by atoms with E-state index in [9.17, 15) is 4.79 Å². The summed E-state index contributed by atoms with van der Waals surface area (Å²) in [5.41, 5.74) is 4.46. The van der Waals surface area contributed by atoms with E-state index in [1.807, 2.05) is 25.1 Å². The topological polar surface area (TPSA) is 43.6 Å². The Morgan fingerprint density at radius 2 is 2.00 bits per heavy atom. The van der Waals surface area contributed by atoms with Crippen molar-refractivity contribution in [2.45, 2.75) is 40.2 Å². The second kappa shape index (κ2) is 7.87. The first-order chi connectivity index (χ1) is 12.6. The number of nitrogens with zero attached hydrogens (tertiary/aromatic N) is 2. The Labute approximate surface area is 157 Å². The highest BCUT2D eigenvalue weighted by Gasteiger charge is 2.12. The van der Waals surface area contributed by atoms with Crippen molar-refractivity contribution in [2.24, 2.45) is 4.99 Å². The van der Waals surface area contributed by atoms with Gasteiger partial charge in [0.25, 0.3) is 5.91 Å². The molecule has 3 aromatic rings. The zero-order chi connectivity index (χ0) is 18.7. The number of carbonyl (C=O) groups excluding carboxylic acids is 1. The molecule has 1 heterocycles. The van der Waals surface area contributed by atoms with Crippen molar-refractivity contribution in [1.29, 1.82) is 0 Å². The van der Waals surface area contributed by atoms with Crippen LogP contribution in [0.4, 0.5) is 0 Å². The van der Waals surface area contributed by atoms with Gasteiger partial charge >= 0.3 is 0 Å². The van der Waals surface area contributed by atoms with E-state index < -0.39 is 0 Å². The number of fused-ring (bicyclic) bond motifs is 1. The van der Waals surface area contributed by atoms with Crippen molar-refractivity contribution in [2.75, 3.05) is 7.11 Å². The number of hydrogen-bond acceptors (Lipinski definition) is 3. The normalized spacial score (nSPS) is 11.9. The molecular formula is C21H24N2O2S. The van der Waals surface area contributed by atoms with Gasteiger partial charge in [-0.3, -0.25) is 4.79 Å². The molecule has 0 radical (unpaired) electrons. The maximum absolute atomic E-state index is 12.6. The average Bonchev–Trinajstić information content (AvgIpc) is 2.98. The molecule has 1 amide bonds. The van der Waals surface area contributed by atoms with Crippen molar-refractivity contribution >= 4 is 27.5 Å². The Bertz CT molecular complexity index is 1010. The lowest BCUT2D eigenvalue weighted by molar-refractivity contribution is -0.117. The molecule has 0 fully saturated rings. The highest BCUT2D eigenvalue weighted by molar-refractivity contribution is 7.16. The van der Waals surface area contributed by atoms with E-state index in [1.165, 1.54) is 15.8 Å². The number of carbonyl (C=O) groups is 1. The predicted molar refractivity (Wildman–Crippen MR) is 107 cm³/mol. The van der Waals surface area contributed by atoms with Crippen molar-refractivity contribution in [1.82, 2.24) is 4.57 Å². The number of para-hydroxylation sites is 1. The second-order valence-corrected chi connectivity index (χ2v) is 7.25. The van der Waals surface area contributed by atoms with E-state index >= 15 is 0 Å². The van der Waals surface area contributed by atoms with E-state index in [4.69, 9.17) is 4.74 Å². The minimum atomic E-state index is -0.152. The number of amides is 1. The molecule has 0 atom stereocenters. The average molecular weight is 369 g/mol. The summed E-state index contributed by atoms with van der Waals surface area (Å²) >= 11 is 1.57. The van der Waals surface area contributed by atoms with Crippen LogP contribution >= 0.6 is 11.3 Å². The summed E-state index contributed by atoms with van der Waals surface area (Å²) < 4.78 is 8.69. The third kappa shape index (κ3) is 3.58. The number of benzene rings is 2. The Morgan fingerprint density at radius 3 is 2.69 bits per heavy atom. The molecule has 0 saturated carbocycles. The van der Waals surface area contributed by atoms with E-state index in [-0.39, 0.29) is 12.3 Å². The first-order valence-corrected chi connectivity index (χ1v) is 9.71. The summed E-state index contributed by atoms with van der Waals surface area (Å²) in [6.45, 7) is 7.04. The van der Waals surface area contributed by atoms with Crippen LogP contribution in [0.3, 0.4) is 0 Å². The molecule has 0 aliphatic rings. The van der Waals surface area contributed by atoms with Gasteiger partial charge in [0.05, 0.1) is 23.7 Å². The Balaban J connectivity index is 2.02. The van der Waals surface area contributed by atoms with Gasteiger partial charge in [0.2, 0.25) is 0 Å². The van der Waals surface area contributed by atoms with Gasteiger partial charge in [-0.25, -0.2) is 0 Å². The number of ether oxygens (including phenoxy) is 1. The summed E-state index contributed by atoms with van der Waals surface area (Å²) in [6, 6.07) is 12.2. The van der Waals surface area contributed by atoms with Crippen molar-refractivity contribution in [3.63, 3.8) is 0 Å². The minimum absolute atomic E-state index is 0.152. The van der Waals surface area contributed by atoms with Crippen LogP contribution in [0.25, 0.3) is 10.2 Å². The highest BCUT2D eigenvalue weighted by atomic mass is 32.1.